The monoisotopic (exact) mass is 355 g/mol. The number of hydrogen-bond acceptors (Lipinski definition) is 4. The van der Waals surface area contributed by atoms with Crippen LogP contribution in [0.5, 0.6) is 5.75 Å². The van der Waals surface area contributed by atoms with E-state index in [2.05, 4.69) is 20.7 Å². The number of ether oxygens (including phenoxy) is 2. The van der Waals surface area contributed by atoms with Gasteiger partial charge < -0.3 is 15.2 Å². The van der Waals surface area contributed by atoms with Crippen molar-refractivity contribution in [1.82, 2.24) is 0 Å². The highest BCUT2D eigenvalue weighted by molar-refractivity contribution is 9.10. The highest BCUT2D eigenvalue weighted by atomic mass is 79.9. The van der Waals surface area contributed by atoms with Crippen LogP contribution in [0.25, 0.3) is 0 Å². The quantitative estimate of drug-likeness (QED) is 0.649. The molecule has 0 radical (unpaired) electrons. The summed E-state index contributed by atoms with van der Waals surface area (Å²) in [7, 11) is 0. The van der Waals surface area contributed by atoms with Crippen LogP contribution in [-0.4, -0.2) is 18.9 Å². The van der Waals surface area contributed by atoms with Crippen LogP contribution < -0.4 is 10.5 Å². The molecule has 8 heteroatoms. The van der Waals surface area contributed by atoms with Gasteiger partial charge in [0, 0.05) is 16.6 Å². The molecule has 0 saturated carbocycles. The van der Waals surface area contributed by atoms with Crippen LogP contribution in [0.3, 0.4) is 0 Å². The molecule has 1 rings (SSSR count). The van der Waals surface area contributed by atoms with Crippen LogP contribution in [0.4, 0.5) is 18.9 Å². The summed E-state index contributed by atoms with van der Waals surface area (Å²) in [6.45, 7) is 1.91. The molecule has 4 nitrogen and oxygen atoms in total. The number of carbonyl (C=O) groups is 1. The second-order valence-electron chi connectivity index (χ2n) is 3.83. The minimum Gasteiger partial charge on any atom is -0.466 e. The third-order valence-electron chi connectivity index (χ3n) is 2.33. The van der Waals surface area contributed by atoms with Gasteiger partial charge >= 0.3 is 12.3 Å². The van der Waals surface area contributed by atoms with Gasteiger partial charge in [0.05, 0.1) is 6.61 Å². The van der Waals surface area contributed by atoms with Crippen molar-refractivity contribution in [2.45, 2.75) is 26.1 Å². The molecule has 0 spiro atoms. The van der Waals surface area contributed by atoms with Crippen molar-refractivity contribution in [3.63, 3.8) is 0 Å². The fourth-order valence-electron chi connectivity index (χ4n) is 1.52. The van der Waals surface area contributed by atoms with Crippen molar-refractivity contribution in [2.24, 2.45) is 0 Å². The maximum absolute atomic E-state index is 12.2. The summed E-state index contributed by atoms with van der Waals surface area (Å²) < 4.78 is 45.4. The molecule has 0 amide bonds. The predicted octanol–water partition coefficient (Wildman–Crippen LogP) is 3.43. The van der Waals surface area contributed by atoms with Gasteiger partial charge in [0.1, 0.15) is 5.75 Å². The van der Waals surface area contributed by atoms with Crippen molar-refractivity contribution in [2.75, 3.05) is 12.3 Å². The lowest BCUT2D eigenvalue weighted by Crippen LogP contribution is -2.17. The number of aryl methyl sites for hydroxylation is 1. The Balaban J connectivity index is 2.86. The van der Waals surface area contributed by atoms with Crippen molar-refractivity contribution >= 4 is 27.6 Å². The molecule has 0 heterocycles. The van der Waals surface area contributed by atoms with E-state index in [1.165, 1.54) is 0 Å². The van der Waals surface area contributed by atoms with Crippen molar-refractivity contribution in [3.05, 3.63) is 22.2 Å². The molecule has 112 valence electrons. The summed E-state index contributed by atoms with van der Waals surface area (Å²) >= 11 is 3.05. The number of hydrogen-bond donors (Lipinski definition) is 1. The zero-order valence-corrected chi connectivity index (χ0v) is 12.2. The SMILES string of the molecule is CCOC(=O)CCc1cc(OC(F)(F)F)cc(Br)c1N. The van der Waals surface area contributed by atoms with Gasteiger partial charge in [-0.15, -0.1) is 13.2 Å². The predicted molar refractivity (Wildman–Crippen MR) is 70.2 cm³/mol. The van der Waals surface area contributed by atoms with E-state index in [0.29, 0.717) is 5.56 Å². The lowest BCUT2D eigenvalue weighted by Gasteiger charge is -2.13. The molecule has 2 N–H and O–H groups in total. The summed E-state index contributed by atoms with van der Waals surface area (Å²) in [5.74, 6) is -0.831. The van der Waals surface area contributed by atoms with E-state index in [1.807, 2.05) is 0 Å². The Morgan fingerprint density at radius 2 is 2.05 bits per heavy atom. The molecular formula is C12H13BrF3NO3. The van der Waals surface area contributed by atoms with Crippen molar-refractivity contribution in [3.8, 4) is 5.75 Å². The number of carbonyl (C=O) groups excluding carboxylic acids is 1. The zero-order valence-electron chi connectivity index (χ0n) is 10.6. The van der Waals surface area contributed by atoms with Gasteiger partial charge in [0.15, 0.2) is 0 Å². The van der Waals surface area contributed by atoms with E-state index in [1.54, 1.807) is 6.92 Å². The number of alkyl halides is 3. The van der Waals surface area contributed by atoms with E-state index >= 15 is 0 Å². The van der Waals surface area contributed by atoms with Gasteiger partial charge in [0.2, 0.25) is 0 Å². The van der Waals surface area contributed by atoms with Gasteiger partial charge in [-0.05, 0) is 47.0 Å². The first-order valence-corrected chi connectivity index (χ1v) is 6.51. The standard InChI is InChI=1S/C12H13BrF3NO3/c1-2-19-10(18)4-3-7-5-8(20-12(14,15)16)6-9(13)11(7)17/h5-6H,2-4,17H2,1H3. The Morgan fingerprint density at radius 1 is 1.40 bits per heavy atom. The summed E-state index contributed by atoms with van der Waals surface area (Å²) in [5, 5.41) is 0. The fourth-order valence-corrected chi connectivity index (χ4v) is 2.00. The van der Waals surface area contributed by atoms with Crippen LogP contribution in [0, 0.1) is 0 Å². The van der Waals surface area contributed by atoms with Gasteiger partial charge in [-0.3, -0.25) is 4.79 Å². The minimum absolute atomic E-state index is 0.0277. The van der Waals surface area contributed by atoms with Crippen molar-refractivity contribution < 1.29 is 27.4 Å². The first-order chi connectivity index (χ1) is 9.23. The average Bonchev–Trinajstić information content (AvgIpc) is 2.30. The normalized spacial score (nSPS) is 11.2. The fraction of sp³-hybridized carbons (Fsp3) is 0.417. The van der Waals surface area contributed by atoms with Crippen LogP contribution in [0.15, 0.2) is 16.6 Å². The number of halogens is 4. The molecular weight excluding hydrogens is 343 g/mol. The molecule has 0 aliphatic rings. The van der Waals surface area contributed by atoms with Crippen LogP contribution in [-0.2, 0) is 16.0 Å². The lowest BCUT2D eigenvalue weighted by molar-refractivity contribution is -0.274. The zero-order chi connectivity index (χ0) is 15.3. The number of anilines is 1. The van der Waals surface area contributed by atoms with Gasteiger partial charge in [-0.1, -0.05) is 0 Å². The molecule has 0 unspecified atom stereocenters. The Bertz CT molecular complexity index is 492. The van der Waals surface area contributed by atoms with E-state index in [9.17, 15) is 18.0 Å². The molecule has 1 aromatic carbocycles. The minimum atomic E-state index is -4.78. The number of benzene rings is 1. The highest BCUT2D eigenvalue weighted by Crippen LogP contribution is 2.32. The number of nitrogens with two attached hydrogens (primary N) is 1. The summed E-state index contributed by atoms with van der Waals surface area (Å²) in [6, 6.07) is 2.28. The molecule has 0 aromatic heterocycles. The van der Waals surface area contributed by atoms with Crippen LogP contribution in [0.2, 0.25) is 0 Å². The summed E-state index contributed by atoms with van der Waals surface area (Å²) in [4.78, 5) is 11.2. The highest BCUT2D eigenvalue weighted by Gasteiger charge is 2.31. The Hall–Kier alpha value is -1.44. The van der Waals surface area contributed by atoms with E-state index in [-0.39, 0.29) is 29.6 Å². The first-order valence-electron chi connectivity index (χ1n) is 5.72. The van der Waals surface area contributed by atoms with E-state index in [0.717, 1.165) is 12.1 Å². The molecule has 0 aliphatic heterocycles. The number of esters is 1. The Labute approximate surface area is 122 Å². The Morgan fingerprint density at radius 3 is 2.60 bits per heavy atom. The largest absolute Gasteiger partial charge is 0.573 e. The Kier molecular flexibility index (Phi) is 5.67. The molecule has 0 bridgehead atoms. The molecule has 1 aromatic rings. The average molecular weight is 356 g/mol. The molecule has 20 heavy (non-hydrogen) atoms. The molecule has 0 atom stereocenters. The van der Waals surface area contributed by atoms with Gasteiger partial charge in [-0.2, -0.15) is 0 Å². The first kappa shape index (κ1) is 16.6. The topological polar surface area (TPSA) is 61.5 Å². The third kappa shape index (κ3) is 5.28. The second-order valence-corrected chi connectivity index (χ2v) is 4.69. The smallest absolute Gasteiger partial charge is 0.466 e. The van der Waals surface area contributed by atoms with Crippen molar-refractivity contribution in [1.29, 1.82) is 0 Å². The van der Waals surface area contributed by atoms with Crippen LogP contribution >= 0.6 is 15.9 Å². The summed E-state index contributed by atoms with van der Waals surface area (Å²) in [5.41, 5.74) is 6.39. The number of nitrogen functional groups attached to an aromatic ring is 1. The number of rotatable bonds is 5. The second kappa shape index (κ2) is 6.83. The molecule has 0 fully saturated rings. The molecule has 0 saturated heterocycles. The maximum Gasteiger partial charge on any atom is 0.573 e. The summed E-state index contributed by atoms with van der Waals surface area (Å²) in [6.07, 6.45) is -4.59. The van der Waals surface area contributed by atoms with E-state index in [4.69, 9.17) is 10.5 Å². The third-order valence-corrected chi connectivity index (χ3v) is 2.98. The lowest BCUT2D eigenvalue weighted by atomic mass is 10.1. The maximum atomic E-state index is 12.2. The molecule has 0 aliphatic carbocycles. The van der Waals surface area contributed by atoms with Gasteiger partial charge in [0.25, 0.3) is 0 Å². The van der Waals surface area contributed by atoms with E-state index < -0.39 is 18.1 Å². The van der Waals surface area contributed by atoms with Gasteiger partial charge in [-0.25, -0.2) is 0 Å². The van der Waals surface area contributed by atoms with Crippen LogP contribution in [0.1, 0.15) is 18.9 Å².